The van der Waals surface area contributed by atoms with Gasteiger partial charge >= 0.3 is 5.97 Å². The lowest BCUT2D eigenvalue weighted by Gasteiger charge is -2.25. The Morgan fingerprint density at radius 2 is 1.94 bits per heavy atom. The van der Waals surface area contributed by atoms with Gasteiger partial charge in [0.15, 0.2) is 16.3 Å². The lowest BCUT2D eigenvalue weighted by atomic mass is 9.96. The quantitative estimate of drug-likeness (QED) is 0.402. The normalized spacial score (nSPS) is 15.7. The minimum Gasteiger partial charge on any atom is -0.504 e. The monoisotopic (exact) mass is 510 g/mol. The third kappa shape index (κ3) is 4.78. The van der Waals surface area contributed by atoms with E-state index in [1.807, 2.05) is 30.5 Å². The van der Waals surface area contributed by atoms with Gasteiger partial charge in [-0.25, -0.2) is 9.79 Å². The Kier molecular flexibility index (Phi) is 7.18. The van der Waals surface area contributed by atoms with Crippen molar-refractivity contribution >= 4 is 35.1 Å². The second kappa shape index (κ2) is 10.1. The molecule has 0 radical (unpaired) electrons. The van der Waals surface area contributed by atoms with Crippen LogP contribution >= 0.6 is 23.1 Å². The summed E-state index contributed by atoms with van der Waals surface area (Å²) in [5, 5.41) is 10.5. The molecule has 1 aromatic heterocycles. The maximum Gasteiger partial charge on any atom is 0.338 e. The number of phenolic OH excluding ortho intramolecular Hbond substituents is 1. The minimum atomic E-state index is -0.686. The van der Waals surface area contributed by atoms with Crippen molar-refractivity contribution in [2.75, 3.05) is 13.4 Å². The van der Waals surface area contributed by atoms with E-state index in [1.54, 1.807) is 56.8 Å². The van der Waals surface area contributed by atoms with Crippen molar-refractivity contribution < 1.29 is 19.4 Å². The molecule has 1 aliphatic rings. The molecule has 7 nitrogen and oxygen atoms in total. The molecule has 0 saturated heterocycles. The molecule has 1 N–H and O–H groups in total. The zero-order valence-corrected chi connectivity index (χ0v) is 21.7. The third-order valence-electron chi connectivity index (χ3n) is 5.55. The van der Waals surface area contributed by atoms with Crippen molar-refractivity contribution in [1.29, 1.82) is 0 Å². The number of para-hydroxylation sites is 1. The minimum absolute atomic E-state index is 0.0533. The summed E-state index contributed by atoms with van der Waals surface area (Å²) in [5.41, 5.74) is 1.76. The average Bonchev–Trinajstić information content (AvgIpc) is 3.13. The average molecular weight is 511 g/mol. The number of allylic oxidation sites excluding steroid dienone is 1. The molecule has 35 heavy (non-hydrogen) atoms. The number of nitrogens with zero attached hydrogens (tertiary/aromatic N) is 2. The van der Waals surface area contributed by atoms with Gasteiger partial charge in [-0.05, 0) is 56.9 Å². The van der Waals surface area contributed by atoms with Crippen molar-refractivity contribution in [3.63, 3.8) is 0 Å². The van der Waals surface area contributed by atoms with Gasteiger partial charge in [-0.3, -0.25) is 9.36 Å². The van der Waals surface area contributed by atoms with Gasteiger partial charge in [0.05, 0.1) is 35.1 Å². The number of carbonyl (C=O) groups is 1. The highest BCUT2D eigenvalue weighted by atomic mass is 32.2. The number of methoxy groups -OCH3 is 1. The van der Waals surface area contributed by atoms with E-state index in [9.17, 15) is 14.7 Å². The molecule has 1 aliphatic heterocycles. The maximum atomic E-state index is 13.7. The number of thiazole rings is 1. The molecule has 0 spiro atoms. The Bertz CT molecular complexity index is 1480. The SMILES string of the molecule is COc1cccc(/C=c2\sc3n(c2=O)[C@@H](c2ccc(SC)cc2)C(C(=O)OC(C)C)=C(C)N=3)c1O. The Labute approximate surface area is 211 Å². The number of aromatic hydroxyl groups is 1. The number of hydrogen-bond donors (Lipinski definition) is 1. The zero-order chi connectivity index (χ0) is 25.3. The molecule has 0 amide bonds. The number of aromatic nitrogens is 1. The van der Waals surface area contributed by atoms with Gasteiger partial charge in [-0.15, -0.1) is 11.8 Å². The molecule has 4 rings (SSSR count). The molecule has 1 atom stereocenters. The van der Waals surface area contributed by atoms with E-state index in [0.717, 1.165) is 10.5 Å². The first-order valence-corrected chi connectivity index (χ1v) is 13.0. The number of rotatable bonds is 6. The Hall–Kier alpha value is -3.30. The summed E-state index contributed by atoms with van der Waals surface area (Å²) in [6, 6.07) is 12.2. The van der Waals surface area contributed by atoms with E-state index in [0.29, 0.717) is 31.9 Å². The number of carbonyl (C=O) groups excluding carboxylic acids is 1. The van der Waals surface area contributed by atoms with E-state index in [2.05, 4.69) is 4.99 Å². The van der Waals surface area contributed by atoms with Crippen LogP contribution in [0.25, 0.3) is 6.08 Å². The molecule has 2 aromatic carbocycles. The summed E-state index contributed by atoms with van der Waals surface area (Å²) in [6.45, 7) is 5.32. The predicted octanol–water partition coefficient (Wildman–Crippen LogP) is 3.62. The summed E-state index contributed by atoms with van der Waals surface area (Å²) in [5.74, 6) is -0.241. The van der Waals surface area contributed by atoms with E-state index >= 15 is 0 Å². The molecule has 0 fully saturated rings. The number of esters is 1. The summed E-state index contributed by atoms with van der Waals surface area (Å²) in [6.07, 6.45) is 3.28. The first kappa shape index (κ1) is 24.8. The molecule has 0 unspecified atom stereocenters. The Balaban J connectivity index is 1.94. The van der Waals surface area contributed by atoms with Crippen molar-refractivity contribution in [2.24, 2.45) is 4.99 Å². The molecule has 2 heterocycles. The largest absolute Gasteiger partial charge is 0.504 e. The molecular weight excluding hydrogens is 484 g/mol. The maximum absolute atomic E-state index is 13.7. The molecular formula is C26H26N2O5S2. The van der Waals surface area contributed by atoms with Crippen molar-refractivity contribution in [1.82, 2.24) is 4.57 Å². The second-order valence-corrected chi connectivity index (χ2v) is 10.1. The van der Waals surface area contributed by atoms with Gasteiger partial charge in [0.2, 0.25) is 0 Å². The second-order valence-electron chi connectivity index (χ2n) is 8.21. The predicted molar refractivity (Wildman–Crippen MR) is 138 cm³/mol. The van der Waals surface area contributed by atoms with E-state index < -0.39 is 12.0 Å². The summed E-state index contributed by atoms with van der Waals surface area (Å²) in [4.78, 5) is 33.0. The van der Waals surface area contributed by atoms with Crippen LogP contribution in [-0.2, 0) is 9.53 Å². The standard InChI is InChI=1S/C26H26N2O5S2/c1-14(2)33-25(31)21-15(3)27-26-28(22(21)16-9-11-18(34-5)12-10-16)24(30)20(35-26)13-17-7-6-8-19(32-4)23(17)29/h6-14,22,29H,1-5H3/b20-13-/t22-/m0/s1. The zero-order valence-electron chi connectivity index (χ0n) is 20.1. The van der Waals surface area contributed by atoms with Crippen LogP contribution in [0, 0.1) is 0 Å². The van der Waals surface area contributed by atoms with Crippen LogP contribution in [-0.4, -0.2) is 35.1 Å². The highest BCUT2D eigenvalue weighted by Crippen LogP contribution is 2.32. The fraction of sp³-hybridized carbons (Fsp3) is 0.269. The van der Waals surface area contributed by atoms with Crippen LogP contribution in [0.3, 0.4) is 0 Å². The first-order valence-electron chi connectivity index (χ1n) is 11.0. The molecule has 0 aliphatic carbocycles. The highest BCUT2D eigenvalue weighted by molar-refractivity contribution is 7.98. The van der Waals surface area contributed by atoms with Crippen LogP contribution in [0.15, 0.2) is 68.4 Å². The molecule has 9 heteroatoms. The number of fused-ring (bicyclic) bond motifs is 1. The Morgan fingerprint density at radius 3 is 2.57 bits per heavy atom. The lowest BCUT2D eigenvalue weighted by molar-refractivity contribution is -0.143. The van der Waals surface area contributed by atoms with Gasteiger partial charge in [0, 0.05) is 10.5 Å². The fourth-order valence-electron chi connectivity index (χ4n) is 3.92. The van der Waals surface area contributed by atoms with Crippen LogP contribution in [0.5, 0.6) is 11.5 Å². The molecule has 0 saturated carbocycles. The molecule has 0 bridgehead atoms. The summed E-state index contributed by atoms with van der Waals surface area (Å²) in [7, 11) is 1.47. The number of hydrogen-bond acceptors (Lipinski definition) is 8. The number of thioether (sulfide) groups is 1. The van der Waals surface area contributed by atoms with Crippen LogP contribution in [0.2, 0.25) is 0 Å². The lowest BCUT2D eigenvalue weighted by Crippen LogP contribution is -2.40. The van der Waals surface area contributed by atoms with Crippen molar-refractivity contribution in [3.05, 3.63) is 84.5 Å². The molecule has 3 aromatic rings. The smallest absolute Gasteiger partial charge is 0.338 e. The summed E-state index contributed by atoms with van der Waals surface area (Å²) >= 11 is 2.81. The van der Waals surface area contributed by atoms with Gasteiger partial charge < -0.3 is 14.6 Å². The highest BCUT2D eigenvalue weighted by Gasteiger charge is 2.33. The number of ether oxygens (including phenoxy) is 2. The van der Waals surface area contributed by atoms with Crippen LogP contribution < -0.4 is 19.6 Å². The van der Waals surface area contributed by atoms with Crippen LogP contribution in [0.1, 0.15) is 37.9 Å². The van der Waals surface area contributed by atoms with E-state index in [1.165, 1.54) is 23.0 Å². The van der Waals surface area contributed by atoms with Gasteiger partial charge in [-0.1, -0.05) is 35.6 Å². The van der Waals surface area contributed by atoms with E-state index in [4.69, 9.17) is 9.47 Å². The van der Waals surface area contributed by atoms with Crippen molar-refractivity contribution in [2.45, 2.75) is 37.8 Å². The first-order chi connectivity index (χ1) is 16.7. The fourth-order valence-corrected chi connectivity index (χ4v) is 5.37. The van der Waals surface area contributed by atoms with Gasteiger partial charge in [0.1, 0.15) is 0 Å². The molecule has 182 valence electrons. The van der Waals surface area contributed by atoms with Gasteiger partial charge in [-0.2, -0.15) is 0 Å². The third-order valence-corrected chi connectivity index (χ3v) is 7.28. The van der Waals surface area contributed by atoms with E-state index in [-0.39, 0.29) is 17.4 Å². The topological polar surface area (TPSA) is 90.1 Å². The van der Waals surface area contributed by atoms with Crippen LogP contribution in [0.4, 0.5) is 0 Å². The number of benzene rings is 2. The van der Waals surface area contributed by atoms with Gasteiger partial charge in [0.25, 0.3) is 5.56 Å². The number of phenols is 1. The Morgan fingerprint density at radius 1 is 1.23 bits per heavy atom. The van der Waals surface area contributed by atoms with Crippen molar-refractivity contribution in [3.8, 4) is 11.5 Å². The summed E-state index contributed by atoms with van der Waals surface area (Å²) < 4.78 is 12.6.